The fourth-order valence-electron chi connectivity index (χ4n) is 3.38. The van der Waals surface area contributed by atoms with Gasteiger partial charge in [0.1, 0.15) is 0 Å². The Labute approximate surface area is 163 Å². The van der Waals surface area contributed by atoms with Gasteiger partial charge in [0, 0.05) is 0 Å². The van der Waals surface area contributed by atoms with Crippen molar-refractivity contribution in [2.24, 2.45) is 0 Å². The molecule has 0 amide bonds. The summed E-state index contributed by atoms with van der Waals surface area (Å²) < 4.78 is 9.98. The zero-order chi connectivity index (χ0) is 19.1. The third-order valence-electron chi connectivity index (χ3n) is 4.62. The van der Waals surface area contributed by atoms with E-state index < -0.39 is 13.1 Å². The monoisotopic (exact) mass is 418 g/mol. The SMILES string of the molecule is COC(=O)C=CC(C)=[As](c1ccccc1)(c1ccccc1)c1ccccc1. The second-order valence-corrected chi connectivity index (χ2v) is 13.7. The summed E-state index contributed by atoms with van der Waals surface area (Å²) >= 11 is -2.95. The first-order chi connectivity index (χ1) is 13.2. The van der Waals surface area contributed by atoms with Crippen molar-refractivity contribution >= 4 is 36.4 Å². The van der Waals surface area contributed by atoms with Crippen LogP contribution in [0.5, 0.6) is 0 Å². The van der Waals surface area contributed by atoms with Crippen LogP contribution < -0.4 is 13.1 Å². The van der Waals surface area contributed by atoms with Gasteiger partial charge in [-0.2, -0.15) is 0 Å². The van der Waals surface area contributed by atoms with Crippen molar-refractivity contribution in [1.29, 1.82) is 0 Å². The van der Waals surface area contributed by atoms with Gasteiger partial charge in [-0.25, -0.2) is 0 Å². The number of esters is 1. The van der Waals surface area contributed by atoms with Gasteiger partial charge in [-0.15, -0.1) is 0 Å². The number of carbonyl (C=O) groups is 1. The maximum atomic E-state index is 11.7. The van der Waals surface area contributed by atoms with Crippen LogP contribution in [0.3, 0.4) is 0 Å². The molecule has 0 fully saturated rings. The molecule has 2 nitrogen and oxygen atoms in total. The Morgan fingerprint density at radius 3 is 1.41 bits per heavy atom. The third kappa shape index (κ3) is 3.86. The average molecular weight is 418 g/mol. The van der Waals surface area contributed by atoms with E-state index in [4.69, 9.17) is 4.74 Å². The van der Waals surface area contributed by atoms with Crippen molar-refractivity contribution in [1.82, 2.24) is 0 Å². The zero-order valence-corrected chi connectivity index (χ0v) is 17.5. The first kappa shape index (κ1) is 19.1. The number of rotatable bonds is 5. The van der Waals surface area contributed by atoms with E-state index in [1.54, 1.807) is 0 Å². The maximum absolute atomic E-state index is 11.7. The molecular weight excluding hydrogens is 395 g/mol. The molecule has 136 valence electrons. The Hall–Kier alpha value is -2.70. The van der Waals surface area contributed by atoms with Crippen molar-refractivity contribution in [2.45, 2.75) is 6.92 Å². The molecule has 0 N–H and O–H groups in total. The molecule has 0 aromatic heterocycles. The number of hydrogen-bond acceptors (Lipinski definition) is 2. The van der Waals surface area contributed by atoms with Crippen LogP contribution in [0.4, 0.5) is 0 Å². The first-order valence-corrected chi connectivity index (χ1v) is 12.6. The van der Waals surface area contributed by atoms with E-state index in [0.29, 0.717) is 0 Å². The Morgan fingerprint density at radius 1 is 0.704 bits per heavy atom. The average Bonchev–Trinajstić information content (AvgIpc) is 2.75. The van der Waals surface area contributed by atoms with Crippen LogP contribution >= 0.6 is 0 Å². The molecule has 0 saturated carbocycles. The molecular formula is C24H23AsO2. The van der Waals surface area contributed by atoms with Gasteiger partial charge in [-0.05, 0) is 0 Å². The molecule has 3 rings (SSSR count). The van der Waals surface area contributed by atoms with E-state index in [1.807, 2.05) is 24.3 Å². The molecule has 0 atom stereocenters. The number of ether oxygens (including phenoxy) is 1. The number of allylic oxidation sites excluding steroid dienone is 1. The van der Waals surface area contributed by atoms with Gasteiger partial charge < -0.3 is 0 Å². The van der Waals surface area contributed by atoms with E-state index in [9.17, 15) is 4.79 Å². The number of hydrogen-bond donors (Lipinski definition) is 0. The van der Waals surface area contributed by atoms with Gasteiger partial charge in [0.25, 0.3) is 0 Å². The van der Waals surface area contributed by atoms with E-state index in [0.717, 1.165) is 0 Å². The molecule has 0 radical (unpaired) electrons. The van der Waals surface area contributed by atoms with Gasteiger partial charge in [0.15, 0.2) is 0 Å². The molecule has 3 aromatic rings. The van der Waals surface area contributed by atoms with E-state index >= 15 is 0 Å². The third-order valence-corrected chi connectivity index (χ3v) is 13.9. The van der Waals surface area contributed by atoms with Crippen LogP contribution in [0.1, 0.15) is 6.92 Å². The quantitative estimate of drug-likeness (QED) is 0.362. The molecule has 27 heavy (non-hydrogen) atoms. The van der Waals surface area contributed by atoms with Crippen LogP contribution in [0, 0.1) is 0 Å². The van der Waals surface area contributed by atoms with Crippen molar-refractivity contribution in [3.05, 3.63) is 103 Å². The van der Waals surface area contributed by atoms with Crippen molar-refractivity contribution in [3.8, 4) is 0 Å². The molecule has 0 aliphatic heterocycles. The van der Waals surface area contributed by atoms with Crippen molar-refractivity contribution in [2.75, 3.05) is 7.11 Å². The second kappa shape index (κ2) is 8.79. The van der Waals surface area contributed by atoms with Crippen molar-refractivity contribution in [3.63, 3.8) is 0 Å². The number of methoxy groups -OCH3 is 1. The minimum absolute atomic E-state index is 0.336. The normalized spacial score (nSPS) is 11.3. The van der Waals surface area contributed by atoms with Crippen LogP contribution in [-0.2, 0) is 9.53 Å². The minimum atomic E-state index is -2.95. The van der Waals surface area contributed by atoms with Gasteiger partial charge in [-0.1, -0.05) is 0 Å². The molecule has 0 aliphatic rings. The second-order valence-electron chi connectivity index (χ2n) is 6.18. The Morgan fingerprint density at radius 2 is 1.07 bits per heavy atom. The Balaban J connectivity index is 2.44. The van der Waals surface area contributed by atoms with E-state index in [-0.39, 0.29) is 5.97 Å². The summed E-state index contributed by atoms with van der Waals surface area (Å²) in [6.07, 6.45) is 3.46. The van der Waals surface area contributed by atoms with Crippen LogP contribution in [0.2, 0.25) is 0 Å². The van der Waals surface area contributed by atoms with Gasteiger partial charge >= 0.3 is 163 Å². The summed E-state index contributed by atoms with van der Waals surface area (Å²) in [4.78, 5) is 11.7. The Kier molecular flexibility index (Phi) is 6.21. The Bertz CT molecular complexity index is 871. The summed E-state index contributed by atoms with van der Waals surface area (Å²) in [7, 11) is 1.40. The molecule has 3 aromatic carbocycles. The summed E-state index contributed by atoms with van der Waals surface area (Å²) in [5.41, 5.74) is 0. The van der Waals surface area contributed by atoms with Crippen molar-refractivity contribution < 1.29 is 9.53 Å². The predicted octanol–water partition coefficient (Wildman–Crippen LogP) is 2.66. The van der Waals surface area contributed by atoms with E-state index in [1.165, 1.54) is 30.5 Å². The molecule has 3 heteroatoms. The molecule has 0 heterocycles. The summed E-state index contributed by atoms with van der Waals surface area (Å²) in [5, 5.41) is 0. The van der Waals surface area contributed by atoms with Gasteiger partial charge in [0.05, 0.1) is 0 Å². The molecule has 0 spiro atoms. The molecule has 0 aliphatic carbocycles. The van der Waals surface area contributed by atoms with E-state index in [2.05, 4.69) is 79.7 Å². The molecule has 0 unspecified atom stereocenters. The molecule has 0 bridgehead atoms. The van der Waals surface area contributed by atoms with Crippen LogP contribution in [0.15, 0.2) is 103 Å². The summed E-state index contributed by atoms with van der Waals surface area (Å²) in [6, 6.07) is 32.0. The number of benzene rings is 3. The first-order valence-electron chi connectivity index (χ1n) is 8.85. The van der Waals surface area contributed by atoms with Gasteiger partial charge in [0.2, 0.25) is 0 Å². The standard InChI is InChI=1S/C24H23AsO2/c1-20(18-19-24(26)27-2)25(21-12-6-3-7-13-21,22-14-8-4-9-15-22)23-16-10-5-11-17-23/h3-19H,1-2H3. The van der Waals surface area contributed by atoms with Crippen LogP contribution in [-0.4, -0.2) is 30.5 Å². The van der Waals surface area contributed by atoms with Gasteiger partial charge in [-0.3, -0.25) is 0 Å². The fraction of sp³-hybridized carbons (Fsp3) is 0.0833. The topological polar surface area (TPSA) is 26.3 Å². The zero-order valence-electron chi connectivity index (χ0n) is 15.6. The molecule has 0 saturated heterocycles. The summed E-state index contributed by atoms with van der Waals surface area (Å²) in [6.45, 7) is 2.14. The summed E-state index contributed by atoms with van der Waals surface area (Å²) in [5.74, 6) is -0.336. The predicted molar refractivity (Wildman–Crippen MR) is 116 cm³/mol. The fourth-order valence-corrected chi connectivity index (χ4v) is 12.3. The van der Waals surface area contributed by atoms with Crippen LogP contribution in [0.25, 0.3) is 0 Å². The number of carbonyl (C=O) groups excluding carboxylic acids is 1.